The molecule has 142 valence electrons. The molecule has 0 atom stereocenters. The Morgan fingerprint density at radius 2 is 1.81 bits per heavy atom. The quantitative estimate of drug-likeness (QED) is 0.528. The van der Waals surface area contributed by atoms with Gasteiger partial charge in [-0.3, -0.25) is 5.10 Å². The summed E-state index contributed by atoms with van der Waals surface area (Å²) in [4.78, 5) is 12.2. The van der Waals surface area contributed by atoms with Crippen LogP contribution in [0.4, 0.5) is 16.3 Å². The fourth-order valence-electron chi connectivity index (χ4n) is 2.71. The van der Waals surface area contributed by atoms with E-state index in [1.54, 1.807) is 44.6 Å². The molecule has 3 aromatic rings. The predicted octanol–water partition coefficient (Wildman–Crippen LogP) is 2.49. The van der Waals surface area contributed by atoms with Gasteiger partial charge in [-0.15, -0.1) is 0 Å². The van der Waals surface area contributed by atoms with Crippen LogP contribution in [0.25, 0.3) is 10.9 Å². The summed E-state index contributed by atoms with van der Waals surface area (Å²) in [6, 6.07) is 8.52. The van der Waals surface area contributed by atoms with Crippen molar-refractivity contribution in [3.8, 4) is 17.2 Å². The van der Waals surface area contributed by atoms with E-state index in [4.69, 9.17) is 19.9 Å². The van der Waals surface area contributed by atoms with Crippen molar-refractivity contribution in [1.82, 2.24) is 15.5 Å². The molecule has 0 fully saturated rings. The molecule has 2 aromatic carbocycles. The number of hydrogen-bond donors (Lipinski definition) is 4. The number of carbonyl (C=O) groups is 1. The number of aromatic amines is 1. The van der Waals surface area contributed by atoms with Gasteiger partial charge in [-0.1, -0.05) is 0 Å². The lowest BCUT2D eigenvalue weighted by atomic mass is 10.2. The van der Waals surface area contributed by atoms with Crippen molar-refractivity contribution in [2.45, 2.75) is 6.54 Å². The van der Waals surface area contributed by atoms with Crippen LogP contribution in [-0.2, 0) is 6.54 Å². The van der Waals surface area contributed by atoms with Gasteiger partial charge in [-0.05, 0) is 35.9 Å². The van der Waals surface area contributed by atoms with E-state index in [9.17, 15) is 4.79 Å². The first-order valence-corrected chi connectivity index (χ1v) is 8.13. The van der Waals surface area contributed by atoms with Crippen LogP contribution in [0.5, 0.6) is 17.2 Å². The standard InChI is InChI=1S/C18H21N5O4/c1-25-14-6-10(7-15(26-2)16(14)27-3)9-20-18(24)21-11-4-5-13-12(8-11)17(19)23-22-13/h4-8H,9H2,1-3H3,(H3,19,22,23)(H2,20,21,24). The Balaban J connectivity index is 1.68. The summed E-state index contributed by atoms with van der Waals surface area (Å²) in [5.74, 6) is 1.93. The number of rotatable bonds is 6. The number of methoxy groups -OCH3 is 3. The number of nitrogen functional groups attached to an aromatic ring is 1. The topological polar surface area (TPSA) is 124 Å². The maximum Gasteiger partial charge on any atom is 0.319 e. The molecule has 9 nitrogen and oxygen atoms in total. The highest BCUT2D eigenvalue weighted by atomic mass is 16.5. The maximum atomic E-state index is 12.2. The molecule has 0 saturated heterocycles. The highest BCUT2D eigenvalue weighted by molar-refractivity contribution is 5.95. The first kappa shape index (κ1) is 18.2. The number of ether oxygens (including phenoxy) is 3. The number of benzene rings is 2. The number of nitrogens with zero attached hydrogens (tertiary/aromatic N) is 1. The first-order chi connectivity index (χ1) is 13.0. The van der Waals surface area contributed by atoms with Crippen molar-refractivity contribution in [1.29, 1.82) is 0 Å². The van der Waals surface area contributed by atoms with E-state index in [2.05, 4.69) is 20.8 Å². The Morgan fingerprint density at radius 3 is 2.44 bits per heavy atom. The fourth-order valence-corrected chi connectivity index (χ4v) is 2.71. The lowest BCUT2D eigenvalue weighted by molar-refractivity contribution is 0.251. The van der Waals surface area contributed by atoms with Crippen molar-refractivity contribution in [2.24, 2.45) is 0 Å². The summed E-state index contributed by atoms with van der Waals surface area (Å²) in [5, 5.41) is 13.0. The number of urea groups is 1. The average molecular weight is 371 g/mol. The molecule has 0 aliphatic rings. The van der Waals surface area contributed by atoms with E-state index >= 15 is 0 Å². The third-order valence-electron chi connectivity index (χ3n) is 4.03. The second kappa shape index (κ2) is 7.73. The molecular formula is C18H21N5O4. The Bertz CT molecular complexity index is 945. The van der Waals surface area contributed by atoms with Crippen LogP contribution in [0.2, 0.25) is 0 Å². The molecular weight excluding hydrogens is 350 g/mol. The first-order valence-electron chi connectivity index (χ1n) is 8.13. The van der Waals surface area contributed by atoms with Gasteiger partial charge in [0.15, 0.2) is 17.3 Å². The monoisotopic (exact) mass is 371 g/mol. The van der Waals surface area contributed by atoms with E-state index in [0.29, 0.717) is 28.8 Å². The minimum absolute atomic E-state index is 0.276. The van der Waals surface area contributed by atoms with Crippen LogP contribution in [0.1, 0.15) is 5.56 Å². The molecule has 9 heteroatoms. The lowest BCUT2D eigenvalue weighted by Crippen LogP contribution is -2.28. The summed E-state index contributed by atoms with van der Waals surface area (Å²) >= 11 is 0. The summed E-state index contributed by atoms with van der Waals surface area (Å²) in [6.07, 6.45) is 0. The van der Waals surface area contributed by atoms with Gasteiger partial charge in [0.2, 0.25) is 5.75 Å². The zero-order valence-electron chi connectivity index (χ0n) is 15.3. The van der Waals surface area contributed by atoms with E-state index in [1.807, 2.05) is 0 Å². The number of hydrogen-bond acceptors (Lipinski definition) is 6. The van der Waals surface area contributed by atoms with Gasteiger partial charge in [0.05, 0.1) is 26.8 Å². The van der Waals surface area contributed by atoms with Gasteiger partial charge in [0.25, 0.3) is 0 Å². The number of H-pyrrole nitrogens is 1. The largest absolute Gasteiger partial charge is 0.493 e. The van der Waals surface area contributed by atoms with Crippen LogP contribution in [0.3, 0.4) is 0 Å². The summed E-state index contributed by atoms with van der Waals surface area (Å²) in [5.41, 5.74) is 8.00. The van der Waals surface area contributed by atoms with Crippen molar-refractivity contribution < 1.29 is 19.0 Å². The second-order valence-electron chi connectivity index (χ2n) is 5.71. The molecule has 0 aliphatic heterocycles. The Morgan fingerprint density at radius 1 is 1.11 bits per heavy atom. The van der Waals surface area contributed by atoms with Crippen molar-refractivity contribution >= 4 is 28.4 Å². The molecule has 5 N–H and O–H groups in total. The second-order valence-corrected chi connectivity index (χ2v) is 5.71. The molecule has 27 heavy (non-hydrogen) atoms. The fraction of sp³-hybridized carbons (Fsp3) is 0.222. The molecule has 0 unspecified atom stereocenters. The van der Waals surface area contributed by atoms with E-state index in [1.165, 1.54) is 7.11 Å². The van der Waals surface area contributed by atoms with Gasteiger partial charge >= 0.3 is 6.03 Å². The number of fused-ring (bicyclic) bond motifs is 1. The molecule has 0 saturated carbocycles. The molecule has 0 bridgehead atoms. The highest BCUT2D eigenvalue weighted by Crippen LogP contribution is 2.38. The van der Waals surface area contributed by atoms with Gasteiger partial charge in [0, 0.05) is 17.6 Å². The number of carbonyl (C=O) groups excluding carboxylic acids is 1. The Labute approximate surface area is 155 Å². The smallest absolute Gasteiger partial charge is 0.319 e. The minimum Gasteiger partial charge on any atom is -0.493 e. The minimum atomic E-state index is -0.356. The van der Waals surface area contributed by atoms with Gasteiger partial charge < -0.3 is 30.6 Å². The van der Waals surface area contributed by atoms with Crippen LogP contribution >= 0.6 is 0 Å². The van der Waals surface area contributed by atoms with Crippen LogP contribution in [0, 0.1) is 0 Å². The Kier molecular flexibility index (Phi) is 5.20. The third-order valence-corrected chi connectivity index (χ3v) is 4.03. The average Bonchev–Trinajstić information content (AvgIpc) is 3.05. The van der Waals surface area contributed by atoms with E-state index < -0.39 is 0 Å². The van der Waals surface area contributed by atoms with Crippen LogP contribution in [0.15, 0.2) is 30.3 Å². The Hall–Kier alpha value is -3.62. The SMILES string of the molecule is COc1cc(CNC(=O)Nc2ccc3[nH]nc(N)c3c2)cc(OC)c1OC. The molecule has 1 aromatic heterocycles. The lowest BCUT2D eigenvalue weighted by Gasteiger charge is -2.14. The zero-order valence-corrected chi connectivity index (χ0v) is 15.3. The number of anilines is 2. The number of nitrogens with two attached hydrogens (primary N) is 1. The molecule has 2 amide bonds. The highest BCUT2D eigenvalue weighted by Gasteiger charge is 2.13. The molecule has 3 rings (SSSR count). The summed E-state index contributed by atoms with van der Waals surface area (Å²) in [6.45, 7) is 0.276. The van der Waals surface area contributed by atoms with Gasteiger partial charge in [0.1, 0.15) is 0 Å². The number of nitrogens with one attached hydrogen (secondary N) is 3. The number of amides is 2. The predicted molar refractivity (Wildman–Crippen MR) is 102 cm³/mol. The van der Waals surface area contributed by atoms with Crippen molar-refractivity contribution in [3.63, 3.8) is 0 Å². The summed E-state index contributed by atoms with van der Waals surface area (Å²) in [7, 11) is 4.62. The molecule has 0 aliphatic carbocycles. The molecule has 1 heterocycles. The normalized spacial score (nSPS) is 10.5. The maximum absolute atomic E-state index is 12.2. The molecule has 0 spiro atoms. The summed E-state index contributed by atoms with van der Waals surface area (Å²) < 4.78 is 15.9. The van der Waals surface area contributed by atoms with Gasteiger partial charge in [-0.25, -0.2) is 4.79 Å². The zero-order chi connectivity index (χ0) is 19.4. The van der Waals surface area contributed by atoms with E-state index in [0.717, 1.165) is 16.5 Å². The number of aromatic nitrogens is 2. The van der Waals surface area contributed by atoms with Crippen LogP contribution < -0.4 is 30.6 Å². The van der Waals surface area contributed by atoms with E-state index in [-0.39, 0.29) is 12.6 Å². The van der Waals surface area contributed by atoms with Gasteiger partial charge in [-0.2, -0.15) is 5.10 Å². The molecule has 0 radical (unpaired) electrons. The van der Waals surface area contributed by atoms with Crippen molar-refractivity contribution in [2.75, 3.05) is 32.4 Å². The third kappa shape index (κ3) is 3.81. The van der Waals surface area contributed by atoms with Crippen LogP contribution in [-0.4, -0.2) is 37.6 Å². The van der Waals surface area contributed by atoms with Crippen molar-refractivity contribution in [3.05, 3.63) is 35.9 Å².